The largest absolute Gasteiger partial charge is 0.272 e. The van der Waals surface area contributed by atoms with Gasteiger partial charge in [-0.05, 0) is 19.9 Å². The quantitative estimate of drug-likeness (QED) is 0.785. The first kappa shape index (κ1) is 12.5. The number of hydrogen-bond acceptors (Lipinski definition) is 4. The highest BCUT2D eigenvalue weighted by molar-refractivity contribution is 5.84. The van der Waals surface area contributed by atoms with E-state index < -0.39 is 0 Å². The van der Waals surface area contributed by atoms with Gasteiger partial charge in [0.1, 0.15) is 12.2 Å². The van der Waals surface area contributed by atoms with Crippen LogP contribution in [0.1, 0.15) is 31.3 Å². The molecule has 2 heterocycles. The maximum atomic E-state index is 11.8. The van der Waals surface area contributed by atoms with Gasteiger partial charge in [-0.15, -0.1) is 0 Å². The smallest absolute Gasteiger partial charge is 0.267 e. The fourth-order valence-corrected chi connectivity index (χ4v) is 2.44. The van der Waals surface area contributed by atoms with Crippen LogP contribution in [-0.4, -0.2) is 25.0 Å². The van der Waals surface area contributed by atoms with E-state index in [-0.39, 0.29) is 11.5 Å². The van der Waals surface area contributed by atoms with E-state index in [1.165, 1.54) is 0 Å². The number of fused-ring (bicyclic) bond motifs is 1. The number of rotatable bonds is 3. The summed E-state index contributed by atoms with van der Waals surface area (Å²) in [6.45, 7) is 4.79. The SMILES string of the molecule is CCn1ncnc1C(C)c1n[nH]c(=O)c2ccccc12. The van der Waals surface area contributed by atoms with E-state index in [4.69, 9.17) is 0 Å². The molecule has 102 valence electrons. The van der Waals surface area contributed by atoms with Crippen LogP contribution in [0.25, 0.3) is 10.8 Å². The highest BCUT2D eigenvalue weighted by atomic mass is 16.1. The summed E-state index contributed by atoms with van der Waals surface area (Å²) < 4.78 is 1.84. The summed E-state index contributed by atoms with van der Waals surface area (Å²) in [4.78, 5) is 16.1. The van der Waals surface area contributed by atoms with Crippen molar-refractivity contribution in [2.24, 2.45) is 0 Å². The molecule has 0 aliphatic heterocycles. The first-order valence-corrected chi connectivity index (χ1v) is 6.57. The van der Waals surface area contributed by atoms with Gasteiger partial charge in [-0.1, -0.05) is 18.2 Å². The highest BCUT2D eigenvalue weighted by Crippen LogP contribution is 2.25. The van der Waals surface area contributed by atoms with Crippen LogP contribution in [0.5, 0.6) is 0 Å². The van der Waals surface area contributed by atoms with Crippen molar-refractivity contribution in [1.82, 2.24) is 25.0 Å². The first-order valence-electron chi connectivity index (χ1n) is 6.57. The van der Waals surface area contributed by atoms with E-state index in [1.807, 2.05) is 36.7 Å². The fourth-order valence-electron chi connectivity index (χ4n) is 2.44. The van der Waals surface area contributed by atoms with E-state index in [9.17, 15) is 4.79 Å². The third kappa shape index (κ3) is 1.89. The van der Waals surface area contributed by atoms with Crippen LogP contribution >= 0.6 is 0 Å². The Kier molecular flexibility index (Phi) is 3.06. The summed E-state index contributed by atoms with van der Waals surface area (Å²) in [5.74, 6) is 0.802. The van der Waals surface area contributed by atoms with Crippen molar-refractivity contribution in [1.29, 1.82) is 0 Å². The average Bonchev–Trinajstić information content (AvgIpc) is 2.96. The molecule has 0 bridgehead atoms. The Morgan fingerprint density at radius 1 is 1.30 bits per heavy atom. The molecule has 0 amide bonds. The molecular formula is C14H15N5O. The number of nitrogens with one attached hydrogen (secondary N) is 1. The van der Waals surface area contributed by atoms with Crippen LogP contribution in [0, 0.1) is 0 Å². The minimum Gasteiger partial charge on any atom is -0.267 e. The van der Waals surface area contributed by atoms with Gasteiger partial charge in [0.15, 0.2) is 0 Å². The number of benzene rings is 1. The minimum atomic E-state index is -0.173. The second-order valence-corrected chi connectivity index (χ2v) is 4.64. The molecule has 6 heteroatoms. The lowest BCUT2D eigenvalue weighted by Gasteiger charge is -2.13. The molecular weight excluding hydrogens is 254 g/mol. The lowest BCUT2D eigenvalue weighted by molar-refractivity contribution is 0.593. The Bertz CT molecular complexity index is 804. The molecule has 0 fully saturated rings. The Hall–Kier alpha value is -2.50. The maximum Gasteiger partial charge on any atom is 0.272 e. The summed E-state index contributed by atoms with van der Waals surface area (Å²) in [5, 5.41) is 12.5. The van der Waals surface area contributed by atoms with Crippen LogP contribution in [0.15, 0.2) is 35.4 Å². The zero-order valence-electron chi connectivity index (χ0n) is 11.4. The van der Waals surface area contributed by atoms with E-state index in [0.717, 1.165) is 23.4 Å². The normalized spacial score (nSPS) is 12.7. The minimum absolute atomic E-state index is 0.0424. The number of H-pyrrole nitrogens is 1. The maximum absolute atomic E-state index is 11.8. The highest BCUT2D eigenvalue weighted by Gasteiger charge is 2.19. The molecule has 0 saturated heterocycles. The van der Waals surface area contributed by atoms with Gasteiger partial charge in [0, 0.05) is 11.9 Å². The zero-order valence-corrected chi connectivity index (χ0v) is 11.4. The van der Waals surface area contributed by atoms with Crippen molar-refractivity contribution in [3.05, 3.63) is 52.5 Å². The van der Waals surface area contributed by atoms with E-state index in [0.29, 0.717) is 5.39 Å². The molecule has 3 rings (SSSR count). The molecule has 0 aliphatic carbocycles. The van der Waals surface area contributed by atoms with Gasteiger partial charge in [0.25, 0.3) is 5.56 Å². The van der Waals surface area contributed by atoms with Gasteiger partial charge < -0.3 is 0 Å². The predicted octanol–water partition coefficient (Wildman–Crippen LogP) is 1.69. The van der Waals surface area contributed by atoms with Gasteiger partial charge in [0.05, 0.1) is 17.0 Å². The van der Waals surface area contributed by atoms with Crippen molar-refractivity contribution in [2.75, 3.05) is 0 Å². The Labute approximate surface area is 115 Å². The molecule has 2 aromatic heterocycles. The van der Waals surface area contributed by atoms with Crippen molar-refractivity contribution in [3.63, 3.8) is 0 Å². The predicted molar refractivity (Wildman–Crippen MR) is 75.6 cm³/mol. The summed E-state index contributed by atoms with van der Waals surface area (Å²) in [5.41, 5.74) is 0.636. The standard InChI is InChI=1S/C14H15N5O/c1-3-19-13(15-8-16-19)9(2)12-10-6-4-5-7-11(10)14(20)18-17-12/h4-9H,3H2,1-2H3,(H,18,20). The second kappa shape index (κ2) is 4.88. The molecule has 0 radical (unpaired) electrons. The van der Waals surface area contributed by atoms with Gasteiger partial charge in [-0.2, -0.15) is 10.2 Å². The zero-order chi connectivity index (χ0) is 14.1. The molecule has 0 saturated carbocycles. The molecule has 3 aromatic rings. The van der Waals surface area contributed by atoms with E-state index >= 15 is 0 Å². The van der Waals surface area contributed by atoms with Crippen molar-refractivity contribution >= 4 is 10.8 Å². The average molecular weight is 269 g/mol. The van der Waals surface area contributed by atoms with Crippen molar-refractivity contribution in [3.8, 4) is 0 Å². The molecule has 20 heavy (non-hydrogen) atoms. The van der Waals surface area contributed by atoms with Crippen LogP contribution in [0.4, 0.5) is 0 Å². The topological polar surface area (TPSA) is 76.5 Å². The number of hydrogen-bond donors (Lipinski definition) is 1. The summed E-state index contributed by atoms with van der Waals surface area (Å²) in [6, 6.07) is 7.47. The number of aryl methyl sites for hydroxylation is 1. The Balaban J connectivity index is 2.20. The van der Waals surface area contributed by atoms with Crippen LogP contribution in [-0.2, 0) is 6.54 Å². The summed E-state index contributed by atoms with van der Waals surface area (Å²) in [6.07, 6.45) is 1.54. The van der Waals surface area contributed by atoms with Crippen LogP contribution < -0.4 is 5.56 Å². The van der Waals surface area contributed by atoms with Gasteiger partial charge in [-0.25, -0.2) is 14.8 Å². The number of aromatic amines is 1. The third-order valence-electron chi connectivity index (χ3n) is 3.47. The van der Waals surface area contributed by atoms with Crippen LogP contribution in [0.3, 0.4) is 0 Å². The Morgan fingerprint density at radius 3 is 2.80 bits per heavy atom. The molecule has 6 nitrogen and oxygen atoms in total. The van der Waals surface area contributed by atoms with Gasteiger partial charge >= 0.3 is 0 Å². The fraction of sp³-hybridized carbons (Fsp3) is 0.286. The number of aromatic nitrogens is 5. The first-order chi connectivity index (χ1) is 9.72. The summed E-state index contributed by atoms with van der Waals surface area (Å²) >= 11 is 0. The van der Waals surface area contributed by atoms with Crippen LogP contribution in [0.2, 0.25) is 0 Å². The van der Waals surface area contributed by atoms with Crippen molar-refractivity contribution < 1.29 is 0 Å². The third-order valence-corrected chi connectivity index (χ3v) is 3.47. The van der Waals surface area contributed by atoms with E-state index in [2.05, 4.69) is 20.3 Å². The lowest BCUT2D eigenvalue weighted by atomic mass is 10.0. The molecule has 0 aliphatic rings. The van der Waals surface area contributed by atoms with Gasteiger partial charge in [-0.3, -0.25) is 4.79 Å². The van der Waals surface area contributed by atoms with E-state index in [1.54, 1.807) is 12.4 Å². The Morgan fingerprint density at radius 2 is 2.05 bits per heavy atom. The molecule has 1 N–H and O–H groups in total. The number of nitrogens with zero attached hydrogens (tertiary/aromatic N) is 4. The molecule has 1 unspecified atom stereocenters. The molecule has 1 atom stereocenters. The molecule has 0 spiro atoms. The van der Waals surface area contributed by atoms with Crippen molar-refractivity contribution in [2.45, 2.75) is 26.3 Å². The summed E-state index contributed by atoms with van der Waals surface area (Å²) in [7, 11) is 0. The monoisotopic (exact) mass is 269 g/mol. The lowest BCUT2D eigenvalue weighted by Crippen LogP contribution is -2.15. The van der Waals surface area contributed by atoms with Gasteiger partial charge in [0.2, 0.25) is 0 Å². The second-order valence-electron chi connectivity index (χ2n) is 4.64. The molecule has 1 aromatic carbocycles.